The minimum absolute atomic E-state index is 0.210. The highest BCUT2D eigenvalue weighted by atomic mass is 16.5. The Kier molecular flexibility index (Phi) is 4.16. The largest absolute Gasteiger partial charge is 0.493 e. The van der Waals surface area contributed by atoms with E-state index in [4.69, 9.17) is 15.9 Å². The van der Waals surface area contributed by atoms with Gasteiger partial charge in [0.15, 0.2) is 0 Å². The molecule has 0 spiro atoms. The average Bonchev–Trinajstić information content (AvgIpc) is 2.24. The molecule has 3 heteroatoms. The number of amidine groups is 1. The first kappa shape index (κ1) is 13.6. The SMILES string of the molecule is Cc1cccc(OCCC(C)(C)C(=N)N)c1C. The zero-order valence-electron chi connectivity index (χ0n) is 11.1. The first-order chi connectivity index (χ1) is 7.84. The summed E-state index contributed by atoms with van der Waals surface area (Å²) in [5, 5.41) is 7.48. The molecule has 1 aromatic carbocycles. The van der Waals surface area contributed by atoms with Crippen LogP contribution in [-0.2, 0) is 0 Å². The summed E-state index contributed by atoms with van der Waals surface area (Å²) in [5.41, 5.74) is 7.64. The number of aryl methyl sites for hydroxylation is 1. The molecule has 17 heavy (non-hydrogen) atoms. The molecule has 1 rings (SSSR count). The second kappa shape index (κ2) is 5.21. The maximum absolute atomic E-state index is 7.48. The Labute approximate surface area is 103 Å². The van der Waals surface area contributed by atoms with Gasteiger partial charge in [0.05, 0.1) is 12.4 Å². The van der Waals surface area contributed by atoms with Crippen LogP contribution >= 0.6 is 0 Å². The molecule has 0 saturated heterocycles. The highest BCUT2D eigenvalue weighted by Crippen LogP contribution is 2.23. The van der Waals surface area contributed by atoms with E-state index in [1.807, 2.05) is 26.0 Å². The normalized spacial score (nSPS) is 11.3. The number of ether oxygens (including phenoxy) is 1. The first-order valence-electron chi connectivity index (χ1n) is 5.88. The van der Waals surface area contributed by atoms with Crippen LogP contribution in [0.5, 0.6) is 5.75 Å². The van der Waals surface area contributed by atoms with Gasteiger partial charge < -0.3 is 10.5 Å². The monoisotopic (exact) mass is 234 g/mol. The van der Waals surface area contributed by atoms with Crippen LogP contribution in [0.25, 0.3) is 0 Å². The summed E-state index contributed by atoms with van der Waals surface area (Å²) in [6.07, 6.45) is 0.746. The van der Waals surface area contributed by atoms with E-state index < -0.39 is 0 Å². The molecule has 0 atom stereocenters. The van der Waals surface area contributed by atoms with E-state index in [-0.39, 0.29) is 11.3 Å². The second-order valence-corrected chi connectivity index (χ2v) is 5.09. The van der Waals surface area contributed by atoms with Crippen molar-refractivity contribution in [2.45, 2.75) is 34.1 Å². The molecule has 0 bridgehead atoms. The van der Waals surface area contributed by atoms with Crippen LogP contribution in [0.4, 0.5) is 0 Å². The Morgan fingerprint density at radius 2 is 2.00 bits per heavy atom. The van der Waals surface area contributed by atoms with Crippen molar-refractivity contribution in [3.8, 4) is 5.75 Å². The Hall–Kier alpha value is -1.51. The van der Waals surface area contributed by atoms with Crippen LogP contribution in [0.1, 0.15) is 31.4 Å². The van der Waals surface area contributed by atoms with Gasteiger partial charge in [-0.1, -0.05) is 26.0 Å². The van der Waals surface area contributed by atoms with Crippen molar-refractivity contribution in [3.05, 3.63) is 29.3 Å². The molecule has 1 aromatic rings. The lowest BCUT2D eigenvalue weighted by molar-refractivity contribution is 0.267. The van der Waals surface area contributed by atoms with Crippen LogP contribution in [0.15, 0.2) is 18.2 Å². The van der Waals surface area contributed by atoms with Crippen LogP contribution in [0, 0.1) is 24.7 Å². The fourth-order valence-electron chi connectivity index (χ4n) is 1.43. The topological polar surface area (TPSA) is 59.1 Å². The summed E-state index contributed by atoms with van der Waals surface area (Å²) in [5.74, 6) is 1.13. The van der Waals surface area contributed by atoms with Crippen LogP contribution in [0.3, 0.4) is 0 Å². The van der Waals surface area contributed by atoms with Crippen molar-refractivity contribution in [3.63, 3.8) is 0 Å². The number of benzene rings is 1. The molecule has 0 heterocycles. The zero-order valence-corrected chi connectivity index (χ0v) is 11.1. The van der Waals surface area contributed by atoms with Gasteiger partial charge in [0.1, 0.15) is 5.75 Å². The van der Waals surface area contributed by atoms with Crippen molar-refractivity contribution in [1.29, 1.82) is 5.41 Å². The quantitative estimate of drug-likeness (QED) is 0.607. The van der Waals surface area contributed by atoms with Gasteiger partial charge in [-0.15, -0.1) is 0 Å². The highest BCUT2D eigenvalue weighted by molar-refractivity contribution is 5.82. The Morgan fingerprint density at radius 3 is 2.59 bits per heavy atom. The smallest absolute Gasteiger partial charge is 0.122 e. The summed E-state index contributed by atoms with van der Waals surface area (Å²) in [7, 11) is 0. The van der Waals surface area contributed by atoms with Crippen molar-refractivity contribution >= 4 is 5.84 Å². The number of nitrogens with two attached hydrogens (primary N) is 1. The van der Waals surface area contributed by atoms with Crippen molar-refractivity contribution < 1.29 is 4.74 Å². The Bertz CT molecular complexity index is 411. The second-order valence-electron chi connectivity index (χ2n) is 5.09. The number of nitrogens with one attached hydrogen (secondary N) is 1. The minimum atomic E-state index is -0.294. The van der Waals surface area contributed by atoms with E-state index >= 15 is 0 Å². The fraction of sp³-hybridized carbons (Fsp3) is 0.500. The van der Waals surface area contributed by atoms with E-state index in [1.165, 1.54) is 11.1 Å². The van der Waals surface area contributed by atoms with Crippen molar-refractivity contribution in [2.75, 3.05) is 6.61 Å². The maximum atomic E-state index is 7.48. The van der Waals surface area contributed by atoms with E-state index in [0.29, 0.717) is 6.61 Å². The Balaban J connectivity index is 2.58. The fourth-order valence-corrected chi connectivity index (χ4v) is 1.43. The molecular weight excluding hydrogens is 212 g/mol. The van der Waals surface area contributed by atoms with Crippen LogP contribution in [0.2, 0.25) is 0 Å². The highest BCUT2D eigenvalue weighted by Gasteiger charge is 2.21. The van der Waals surface area contributed by atoms with Crippen molar-refractivity contribution in [1.82, 2.24) is 0 Å². The van der Waals surface area contributed by atoms with Gasteiger partial charge in [-0.2, -0.15) is 0 Å². The van der Waals surface area contributed by atoms with Gasteiger partial charge in [0.2, 0.25) is 0 Å². The van der Waals surface area contributed by atoms with Crippen molar-refractivity contribution in [2.24, 2.45) is 11.1 Å². The summed E-state index contributed by atoms with van der Waals surface area (Å²) in [6, 6.07) is 6.04. The van der Waals surface area contributed by atoms with Gasteiger partial charge in [-0.05, 0) is 37.5 Å². The molecular formula is C14H22N2O. The molecule has 0 saturated carbocycles. The van der Waals surface area contributed by atoms with E-state index in [0.717, 1.165) is 12.2 Å². The van der Waals surface area contributed by atoms with E-state index in [9.17, 15) is 0 Å². The average molecular weight is 234 g/mol. The molecule has 0 aliphatic carbocycles. The molecule has 3 nitrogen and oxygen atoms in total. The molecule has 0 radical (unpaired) electrons. The van der Waals surface area contributed by atoms with Gasteiger partial charge in [0, 0.05) is 5.41 Å². The third kappa shape index (κ3) is 3.48. The zero-order chi connectivity index (χ0) is 13.1. The number of hydrogen-bond donors (Lipinski definition) is 2. The standard InChI is InChI=1S/C14H22N2O/c1-10-6-5-7-12(11(10)2)17-9-8-14(3,4)13(15)16/h5-7H,8-9H2,1-4H3,(H3,15,16). The summed E-state index contributed by atoms with van der Waals surface area (Å²) in [4.78, 5) is 0. The predicted octanol–water partition coefficient (Wildman–Crippen LogP) is 3.03. The van der Waals surface area contributed by atoms with Gasteiger partial charge in [-0.25, -0.2) is 0 Å². The molecule has 0 aliphatic rings. The van der Waals surface area contributed by atoms with Crippen LogP contribution in [-0.4, -0.2) is 12.4 Å². The van der Waals surface area contributed by atoms with E-state index in [1.54, 1.807) is 0 Å². The third-order valence-electron chi connectivity index (χ3n) is 3.27. The predicted molar refractivity (Wildman–Crippen MR) is 71.7 cm³/mol. The lowest BCUT2D eigenvalue weighted by Crippen LogP contribution is -2.32. The molecule has 0 unspecified atom stereocenters. The van der Waals surface area contributed by atoms with E-state index in [2.05, 4.69) is 19.9 Å². The summed E-state index contributed by atoms with van der Waals surface area (Å²) in [6.45, 7) is 8.63. The molecule has 0 aromatic heterocycles. The number of rotatable bonds is 5. The third-order valence-corrected chi connectivity index (χ3v) is 3.27. The first-order valence-corrected chi connectivity index (χ1v) is 5.88. The summed E-state index contributed by atoms with van der Waals surface area (Å²) >= 11 is 0. The van der Waals surface area contributed by atoms with Gasteiger partial charge >= 0.3 is 0 Å². The van der Waals surface area contributed by atoms with Gasteiger partial charge in [-0.3, -0.25) is 5.41 Å². The Morgan fingerprint density at radius 1 is 1.35 bits per heavy atom. The molecule has 0 fully saturated rings. The minimum Gasteiger partial charge on any atom is -0.493 e. The molecule has 3 N–H and O–H groups in total. The number of hydrogen-bond acceptors (Lipinski definition) is 2. The summed E-state index contributed by atoms with van der Waals surface area (Å²) < 4.78 is 5.75. The molecule has 94 valence electrons. The van der Waals surface area contributed by atoms with Gasteiger partial charge in [0.25, 0.3) is 0 Å². The lowest BCUT2D eigenvalue weighted by Gasteiger charge is -2.23. The lowest BCUT2D eigenvalue weighted by atomic mass is 9.88. The molecule has 0 amide bonds. The molecule has 0 aliphatic heterocycles. The maximum Gasteiger partial charge on any atom is 0.122 e. The van der Waals surface area contributed by atoms with Crippen LogP contribution < -0.4 is 10.5 Å².